The van der Waals surface area contributed by atoms with E-state index in [4.69, 9.17) is 23.2 Å². The van der Waals surface area contributed by atoms with Crippen molar-refractivity contribution in [3.05, 3.63) is 128 Å². The third-order valence-corrected chi connectivity index (χ3v) is 8.28. The minimum absolute atomic E-state index is 0.158. The Hall–Kier alpha value is -3.06. The number of hydrogen-bond acceptors (Lipinski definition) is 3. The number of anilines is 1. The van der Waals surface area contributed by atoms with Gasteiger partial charge in [0.1, 0.15) is 5.82 Å². The lowest BCUT2D eigenvalue weighted by molar-refractivity contribution is 0.529. The zero-order valence-corrected chi connectivity index (χ0v) is 20.4. The highest BCUT2D eigenvalue weighted by Crippen LogP contribution is 2.49. The fourth-order valence-corrected chi connectivity index (χ4v) is 6.49. The SMILES string of the molecule is Cc1cccc(S(=O)(=O)N2c3cccc(=O)n3[C@H](c3ccc(Cl)cc3)[C@@H]2c2ccc(Cl)cc2)c1. The standard InChI is InChI=1S/C26H20Cl2N2O3S/c1-17-4-2-5-22(16-17)34(32,33)30-23-6-3-7-24(31)29(23)25(18-8-12-20(27)13-9-18)26(30)19-10-14-21(28)15-11-19/h2-16,25-26H,1H3/t25-,26+/m1/s1. The summed E-state index contributed by atoms with van der Waals surface area (Å²) in [7, 11) is -4.03. The van der Waals surface area contributed by atoms with E-state index < -0.39 is 22.1 Å². The van der Waals surface area contributed by atoms with Gasteiger partial charge >= 0.3 is 0 Å². The van der Waals surface area contributed by atoms with Gasteiger partial charge in [0, 0.05) is 16.1 Å². The van der Waals surface area contributed by atoms with Crippen LogP contribution >= 0.6 is 23.2 Å². The van der Waals surface area contributed by atoms with Crippen molar-refractivity contribution in [1.82, 2.24) is 4.57 Å². The quantitative estimate of drug-likeness (QED) is 0.338. The van der Waals surface area contributed by atoms with E-state index in [1.807, 2.05) is 25.1 Å². The van der Waals surface area contributed by atoms with E-state index in [2.05, 4.69) is 0 Å². The van der Waals surface area contributed by atoms with Gasteiger partial charge < -0.3 is 0 Å². The summed E-state index contributed by atoms with van der Waals surface area (Å²) in [4.78, 5) is 13.3. The number of nitrogens with zero attached hydrogens (tertiary/aromatic N) is 2. The summed E-state index contributed by atoms with van der Waals surface area (Å²) < 4.78 is 31.1. The van der Waals surface area contributed by atoms with Crippen LogP contribution in [0.15, 0.2) is 101 Å². The van der Waals surface area contributed by atoms with Crippen molar-refractivity contribution in [2.75, 3.05) is 4.31 Å². The third-order valence-electron chi connectivity index (χ3n) is 5.99. The summed E-state index contributed by atoms with van der Waals surface area (Å²) in [6, 6.07) is 24.3. The molecule has 5 rings (SSSR count). The molecule has 0 fully saturated rings. The molecule has 5 nitrogen and oxygen atoms in total. The van der Waals surface area contributed by atoms with Crippen molar-refractivity contribution < 1.29 is 8.42 Å². The van der Waals surface area contributed by atoms with Gasteiger partial charge in [-0.05, 0) is 66.1 Å². The minimum Gasteiger partial charge on any atom is -0.284 e. The Kier molecular flexibility index (Phi) is 5.76. The number of aromatic nitrogens is 1. The van der Waals surface area contributed by atoms with Gasteiger partial charge in [0.15, 0.2) is 0 Å². The molecule has 172 valence electrons. The first-order valence-corrected chi connectivity index (χ1v) is 12.8. The van der Waals surface area contributed by atoms with E-state index >= 15 is 0 Å². The fraction of sp³-hybridized carbons (Fsp3) is 0.115. The number of benzene rings is 3. The largest absolute Gasteiger partial charge is 0.284 e. The van der Waals surface area contributed by atoms with Crippen molar-refractivity contribution in [2.45, 2.75) is 23.9 Å². The summed E-state index contributed by atoms with van der Waals surface area (Å²) in [6.07, 6.45) is 0. The molecule has 0 amide bonds. The molecule has 0 bridgehead atoms. The Bertz CT molecular complexity index is 1530. The smallest absolute Gasteiger partial charge is 0.266 e. The summed E-state index contributed by atoms with van der Waals surface area (Å²) in [5.41, 5.74) is 2.01. The second-order valence-electron chi connectivity index (χ2n) is 8.20. The molecule has 0 aliphatic carbocycles. The average Bonchev–Trinajstić information content (AvgIpc) is 3.17. The van der Waals surface area contributed by atoms with Crippen molar-refractivity contribution >= 4 is 39.0 Å². The molecule has 0 radical (unpaired) electrons. The summed E-state index contributed by atoms with van der Waals surface area (Å²) >= 11 is 12.3. The summed E-state index contributed by atoms with van der Waals surface area (Å²) in [5.74, 6) is 0.300. The number of hydrogen-bond donors (Lipinski definition) is 0. The Morgan fingerprint density at radius 1 is 0.735 bits per heavy atom. The number of fused-ring (bicyclic) bond motifs is 1. The van der Waals surface area contributed by atoms with Gasteiger partial charge in [0.2, 0.25) is 0 Å². The number of sulfonamides is 1. The van der Waals surface area contributed by atoms with Crippen molar-refractivity contribution in [2.24, 2.45) is 0 Å². The van der Waals surface area contributed by atoms with Gasteiger partial charge in [-0.15, -0.1) is 0 Å². The van der Waals surface area contributed by atoms with E-state index in [-0.39, 0.29) is 10.5 Å². The molecule has 2 atom stereocenters. The van der Waals surface area contributed by atoms with Crippen molar-refractivity contribution in [3.63, 3.8) is 0 Å². The van der Waals surface area contributed by atoms with E-state index in [1.165, 1.54) is 14.9 Å². The summed E-state index contributed by atoms with van der Waals surface area (Å²) in [6.45, 7) is 1.84. The molecule has 0 unspecified atom stereocenters. The first-order chi connectivity index (χ1) is 16.3. The van der Waals surface area contributed by atoms with Crippen LogP contribution in [0.1, 0.15) is 28.8 Å². The lowest BCUT2D eigenvalue weighted by atomic mass is 9.94. The molecule has 1 aliphatic heterocycles. The highest BCUT2D eigenvalue weighted by molar-refractivity contribution is 7.92. The Morgan fingerprint density at radius 2 is 1.29 bits per heavy atom. The van der Waals surface area contributed by atoms with Crippen LogP contribution in [-0.2, 0) is 10.0 Å². The van der Waals surface area contributed by atoms with E-state index in [0.29, 0.717) is 21.4 Å². The molecule has 1 aromatic heterocycles. The van der Waals surface area contributed by atoms with Crippen LogP contribution < -0.4 is 9.86 Å². The molecule has 3 aromatic carbocycles. The van der Waals surface area contributed by atoms with Gasteiger partial charge in [-0.25, -0.2) is 12.7 Å². The van der Waals surface area contributed by atoms with E-state index in [9.17, 15) is 13.2 Å². The Labute approximate surface area is 207 Å². The molecular weight excluding hydrogens is 491 g/mol. The maximum atomic E-state index is 14.1. The molecule has 2 heterocycles. The van der Waals surface area contributed by atoms with Gasteiger partial charge in [-0.3, -0.25) is 9.36 Å². The second kappa shape index (κ2) is 8.62. The molecule has 4 aromatic rings. The highest BCUT2D eigenvalue weighted by Gasteiger charge is 2.46. The van der Waals surface area contributed by atoms with Crippen LogP contribution in [0, 0.1) is 6.92 Å². The monoisotopic (exact) mass is 510 g/mol. The molecule has 0 saturated heterocycles. The molecule has 0 N–H and O–H groups in total. The number of pyridine rings is 1. The van der Waals surface area contributed by atoms with Crippen LogP contribution in [0.3, 0.4) is 0 Å². The third kappa shape index (κ3) is 3.82. The fourth-order valence-electron chi connectivity index (χ4n) is 4.49. The maximum absolute atomic E-state index is 14.1. The van der Waals surface area contributed by atoms with Crippen LogP contribution in [-0.4, -0.2) is 13.0 Å². The topological polar surface area (TPSA) is 59.4 Å². The molecule has 0 saturated carbocycles. The van der Waals surface area contributed by atoms with Gasteiger partial charge in [0.25, 0.3) is 15.6 Å². The number of rotatable bonds is 4. The molecule has 0 spiro atoms. The summed E-state index contributed by atoms with van der Waals surface area (Å²) in [5, 5.41) is 1.09. The zero-order valence-electron chi connectivity index (χ0n) is 18.1. The Morgan fingerprint density at radius 3 is 1.88 bits per heavy atom. The van der Waals surface area contributed by atoms with Gasteiger partial charge in [-0.1, -0.05) is 65.7 Å². The zero-order chi connectivity index (χ0) is 24.0. The highest BCUT2D eigenvalue weighted by atomic mass is 35.5. The van der Waals surface area contributed by atoms with Crippen LogP contribution in [0.2, 0.25) is 10.0 Å². The van der Waals surface area contributed by atoms with Crippen LogP contribution in [0.4, 0.5) is 5.82 Å². The molecular formula is C26H20Cl2N2O3S. The predicted molar refractivity (Wildman–Crippen MR) is 135 cm³/mol. The first kappa shape index (κ1) is 22.7. The lowest BCUT2D eigenvalue weighted by Gasteiger charge is -2.29. The van der Waals surface area contributed by atoms with E-state index in [1.54, 1.807) is 66.7 Å². The molecule has 34 heavy (non-hydrogen) atoms. The van der Waals surface area contributed by atoms with Gasteiger partial charge in [0.05, 0.1) is 17.0 Å². The predicted octanol–water partition coefficient (Wildman–Crippen LogP) is 6.00. The minimum atomic E-state index is -4.03. The number of aryl methyl sites for hydroxylation is 1. The van der Waals surface area contributed by atoms with Crippen molar-refractivity contribution in [3.8, 4) is 0 Å². The molecule has 8 heteroatoms. The van der Waals surface area contributed by atoms with Crippen molar-refractivity contribution in [1.29, 1.82) is 0 Å². The van der Waals surface area contributed by atoms with Crippen LogP contribution in [0.5, 0.6) is 0 Å². The lowest BCUT2D eigenvalue weighted by Crippen LogP contribution is -2.33. The Balaban J connectivity index is 1.82. The normalized spacial score (nSPS) is 17.6. The first-order valence-electron chi connectivity index (χ1n) is 10.6. The van der Waals surface area contributed by atoms with Crippen LogP contribution in [0.25, 0.3) is 0 Å². The van der Waals surface area contributed by atoms with E-state index in [0.717, 1.165) is 11.1 Å². The average molecular weight is 511 g/mol. The second-order valence-corrected chi connectivity index (χ2v) is 10.9. The maximum Gasteiger partial charge on any atom is 0.266 e. The van der Waals surface area contributed by atoms with Gasteiger partial charge in [-0.2, -0.15) is 0 Å². The number of halogens is 2. The molecule has 1 aliphatic rings.